The Morgan fingerprint density at radius 3 is 2.05 bits per heavy atom. The van der Waals surface area contributed by atoms with Gasteiger partial charge in [-0.1, -0.05) is 39.0 Å². The van der Waals surface area contributed by atoms with Crippen LogP contribution in [0.4, 0.5) is 17.1 Å². The molecule has 2 aromatic rings. The van der Waals surface area contributed by atoms with E-state index in [9.17, 15) is 0 Å². The van der Waals surface area contributed by atoms with Gasteiger partial charge in [-0.15, -0.1) is 0 Å². The third kappa shape index (κ3) is 2.90. The van der Waals surface area contributed by atoms with Crippen LogP contribution in [0.25, 0.3) is 0 Å². The van der Waals surface area contributed by atoms with Crippen molar-refractivity contribution < 1.29 is 0 Å². The molecule has 0 atom stereocenters. The molecule has 2 N–H and O–H groups in total. The molecule has 0 saturated heterocycles. The third-order valence-electron chi connectivity index (χ3n) is 3.35. The Morgan fingerprint density at radius 1 is 0.895 bits per heavy atom. The van der Waals surface area contributed by atoms with Crippen molar-refractivity contribution in [2.45, 2.75) is 26.2 Å². The van der Waals surface area contributed by atoms with Crippen LogP contribution in [-0.2, 0) is 5.41 Å². The number of rotatable bonds is 2. The van der Waals surface area contributed by atoms with Gasteiger partial charge in [0.2, 0.25) is 0 Å². The molecular weight excluding hydrogens is 232 g/mol. The molecule has 19 heavy (non-hydrogen) atoms. The average molecular weight is 254 g/mol. The number of anilines is 3. The van der Waals surface area contributed by atoms with Gasteiger partial charge in [0.05, 0.1) is 0 Å². The standard InChI is InChI=1S/C17H22N2/c1-17(2,3)15-7-5-6-8-16(15)19(4)14-11-9-13(18)10-12-14/h5-12H,18H2,1-4H3. The number of hydrogen-bond donors (Lipinski definition) is 1. The molecule has 2 rings (SSSR count). The van der Waals surface area contributed by atoms with Crippen LogP contribution in [0.1, 0.15) is 26.3 Å². The predicted octanol–water partition coefficient (Wildman–Crippen LogP) is 4.33. The summed E-state index contributed by atoms with van der Waals surface area (Å²) in [6, 6.07) is 16.5. The molecule has 0 aliphatic carbocycles. The van der Waals surface area contributed by atoms with E-state index in [-0.39, 0.29) is 5.41 Å². The van der Waals surface area contributed by atoms with E-state index < -0.39 is 0 Å². The van der Waals surface area contributed by atoms with Gasteiger partial charge >= 0.3 is 0 Å². The van der Waals surface area contributed by atoms with Crippen LogP contribution in [0.3, 0.4) is 0 Å². The Morgan fingerprint density at radius 2 is 1.47 bits per heavy atom. The monoisotopic (exact) mass is 254 g/mol. The zero-order valence-corrected chi connectivity index (χ0v) is 12.1. The highest BCUT2D eigenvalue weighted by molar-refractivity contribution is 5.68. The molecule has 0 fully saturated rings. The molecule has 0 aliphatic heterocycles. The summed E-state index contributed by atoms with van der Waals surface area (Å²) >= 11 is 0. The number of nitrogens with two attached hydrogens (primary N) is 1. The van der Waals surface area contributed by atoms with Gasteiger partial charge in [-0.2, -0.15) is 0 Å². The predicted molar refractivity (Wildman–Crippen MR) is 84.1 cm³/mol. The molecule has 0 aromatic heterocycles. The van der Waals surface area contributed by atoms with Crippen molar-refractivity contribution in [2.24, 2.45) is 0 Å². The van der Waals surface area contributed by atoms with Gasteiger partial charge in [-0.25, -0.2) is 0 Å². The summed E-state index contributed by atoms with van der Waals surface area (Å²) in [7, 11) is 2.09. The number of benzene rings is 2. The van der Waals surface area contributed by atoms with Gasteiger partial charge in [0.15, 0.2) is 0 Å². The number of para-hydroxylation sites is 1. The van der Waals surface area contributed by atoms with Crippen LogP contribution in [0, 0.1) is 0 Å². The minimum Gasteiger partial charge on any atom is -0.399 e. The van der Waals surface area contributed by atoms with E-state index in [1.807, 2.05) is 12.1 Å². The lowest BCUT2D eigenvalue weighted by atomic mass is 9.85. The second-order valence-corrected chi connectivity index (χ2v) is 5.92. The smallest absolute Gasteiger partial charge is 0.0446 e. The second kappa shape index (κ2) is 4.96. The van der Waals surface area contributed by atoms with Crippen LogP contribution in [0.2, 0.25) is 0 Å². The van der Waals surface area contributed by atoms with E-state index in [2.05, 4.69) is 69.1 Å². The number of hydrogen-bond acceptors (Lipinski definition) is 2. The van der Waals surface area contributed by atoms with Gasteiger partial charge < -0.3 is 10.6 Å². The molecule has 0 bridgehead atoms. The van der Waals surface area contributed by atoms with Crippen LogP contribution in [0.15, 0.2) is 48.5 Å². The molecule has 0 spiro atoms. The SMILES string of the molecule is CN(c1ccc(N)cc1)c1ccccc1C(C)(C)C. The quantitative estimate of drug-likeness (QED) is 0.808. The summed E-state index contributed by atoms with van der Waals surface area (Å²) in [4.78, 5) is 2.21. The topological polar surface area (TPSA) is 29.3 Å². The molecule has 2 nitrogen and oxygen atoms in total. The van der Waals surface area contributed by atoms with Gasteiger partial charge in [-0.3, -0.25) is 0 Å². The summed E-state index contributed by atoms with van der Waals surface area (Å²) in [6.07, 6.45) is 0. The maximum Gasteiger partial charge on any atom is 0.0446 e. The van der Waals surface area contributed by atoms with E-state index in [1.165, 1.54) is 11.3 Å². The summed E-state index contributed by atoms with van der Waals surface area (Å²) in [5, 5.41) is 0. The molecule has 2 aromatic carbocycles. The molecule has 0 radical (unpaired) electrons. The first-order valence-electron chi connectivity index (χ1n) is 6.58. The Kier molecular flexibility index (Phi) is 3.52. The van der Waals surface area contributed by atoms with Crippen LogP contribution in [0.5, 0.6) is 0 Å². The maximum absolute atomic E-state index is 5.75. The Balaban J connectivity index is 2.44. The lowest BCUT2D eigenvalue weighted by molar-refractivity contribution is 0.590. The summed E-state index contributed by atoms with van der Waals surface area (Å²) in [5.74, 6) is 0. The molecule has 0 amide bonds. The highest BCUT2D eigenvalue weighted by atomic mass is 15.1. The van der Waals surface area contributed by atoms with Crippen molar-refractivity contribution in [3.8, 4) is 0 Å². The normalized spacial score (nSPS) is 11.4. The molecule has 2 heteroatoms. The van der Waals surface area contributed by atoms with Crippen molar-refractivity contribution in [3.63, 3.8) is 0 Å². The van der Waals surface area contributed by atoms with Crippen LogP contribution >= 0.6 is 0 Å². The first-order chi connectivity index (χ1) is 8.89. The first kappa shape index (κ1) is 13.5. The zero-order valence-electron chi connectivity index (χ0n) is 12.1. The van der Waals surface area contributed by atoms with E-state index in [0.29, 0.717) is 0 Å². The summed E-state index contributed by atoms with van der Waals surface area (Å²) in [6.45, 7) is 6.72. The largest absolute Gasteiger partial charge is 0.399 e. The van der Waals surface area contributed by atoms with Crippen molar-refractivity contribution in [3.05, 3.63) is 54.1 Å². The fourth-order valence-corrected chi connectivity index (χ4v) is 2.24. The fraction of sp³-hybridized carbons (Fsp3) is 0.294. The Labute approximate surface area is 115 Å². The number of nitrogens with zero attached hydrogens (tertiary/aromatic N) is 1. The molecule has 0 aliphatic rings. The van der Waals surface area contributed by atoms with E-state index in [4.69, 9.17) is 5.73 Å². The van der Waals surface area contributed by atoms with Crippen molar-refractivity contribution in [1.29, 1.82) is 0 Å². The molecular formula is C17H22N2. The van der Waals surface area contributed by atoms with Crippen molar-refractivity contribution in [2.75, 3.05) is 17.7 Å². The zero-order chi connectivity index (χ0) is 14.0. The summed E-state index contributed by atoms with van der Waals surface area (Å²) in [5.41, 5.74) is 10.4. The van der Waals surface area contributed by atoms with Crippen molar-refractivity contribution in [1.82, 2.24) is 0 Å². The maximum atomic E-state index is 5.75. The molecule has 100 valence electrons. The third-order valence-corrected chi connectivity index (χ3v) is 3.35. The van der Waals surface area contributed by atoms with Gasteiger partial charge in [0, 0.05) is 24.1 Å². The fourth-order valence-electron chi connectivity index (χ4n) is 2.24. The first-order valence-corrected chi connectivity index (χ1v) is 6.58. The second-order valence-electron chi connectivity index (χ2n) is 5.92. The van der Waals surface area contributed by atoms with Gasteiger partial charge in [0.1, 0.15) is 0 Å². The Hall–Kier alpha value is -1.96. The average Bonchev–Trinajstić information content (AvgIpc) is 2.38. The van der Waals surface area contributed by atoms with Gasteiger partial charge in [-0.05, 0) is 41.3 Å². The highest BCUT2D eigenvalue weighted by Crippen LogP contribution is 2.34. The Bertz CT molecular complexity index is 550. The lowest BCUT2D eigenvalue weighted by Gasteiger charge is -2.29. The number of nitrogen functional groups attached to an aromatic ring is 1. The lowest BCUT2D eigenvalue weighted by Crippen LogP contribution is -2.18. The van der Waals surface area contributed by atoms with Crippen molar-refractivity contribution >= 4 is 17.1 Å². The molecule has 0 heterocycles. The minimum absolute atomic E-state index is 0.124. The van der Waals surface area contributed by atoms with Crippen LogP contribution in [-0.4, -0.2) is 7.05 Å². The minimum atomic E-state index is 0.124. The molecule has 0 saturated carbocycles. The van der Waals surface area contributed by atoms with E-state index in [0.717, 1.165) is 11.4 Å². The molecule has 0 unspecified atom stereocenters. The highest BCUT2D eigenvalue weighted by Gasteiger charge is 2.19. The van der Waals surface area contributed by atoms with E-state index >= 15 is 0 Å². The van der Waals surface area contributed by atoms with Gasteiger partial charge in [0.25, 0.3) is 0 Å². The van der Waals surface area contributed by atoms with E-state index in [1.54, 1.807) is 0 Å². The summed E-state index contributed by atoms with van der Waals surface area (Å²) < 4.78 is 0. The van der Waals surface area contributed by atoms with Crippen LogP contribution < -0.4 is 10.6 Å².